The highest BCUT2D eigenvalue weighted by molar-refractivity contribution is 5.83. The topological polar surface area (TPSA) is 20.3 Å². The Labute approximate surface area is 77.5 Å². The summed E-state index contributed by atoms with van der Waals surface area (Å²) in [6.45, 7) is 0. The summed E-state index contributed by atoms with van der Waals surface area (Å²) in [7, 11) is 1.78. The van der Waals surface area contributed by atoms with Gasteiger partial charge in [0.25, 0.3) is 0 Å². The second-order valence-corrected chi connectivity index (χ2v) is 3.20. The molecule has 0 aliphatic carbocycles. The molecule has 1 heterocycles. The Hall–Kier alpha value is -1.57. The van der Waals surface area contributed by atoms with Gasteiger partial charge in [-0.3, -0.25) is 4.79 Å². The minimum atomic E-state index is 0.140. The molecular formula is C11H11NO. The molecule has 0 spiro atoms. The van der Waals surface area contributed by atoms with E-state index in [1.54, 1.807) is 11.9 Å². The highest BCUT2D eigenvalue weighted by Crippen LogP contribution is 2.15. The number of fused-ring (bicyclic) bond motifs is 1. The molecule has 2 nitrogen and oxygen atoms in total. The summed E-state index contributed by atoms with van der Waals surface area (Å²) in [4.78, 5) is 13.1. The molecule has 1 amide bonds. The van der Waals surface area contributed by atoms with Crippen LogP contribution >= 0.6 is 0 Å². The standard InChI is InChI=1S/C11H11NO/c1-12-7-6-9-4-2-3-5-10(9)8-11(12)13/h2-7H,8H2,1H3. The number of rotatable bonds is 0. The molecule has 0 radical (unpaired) electrons. The van der Waals surface area contributed by atoms with Gasteiger partial charge in [-0.2, -0.15) is 0 Å². The molecule has 1 aromatic carbocycles. The van der Waals surface area contributed by atoms with Gasteiger partial charge in [0.1, 0.15) is 0 Å². The van der Waals surface area contributed by atoms with Crippen LogP contribution in [0.4, 0.5) is 0 Å². The van der Waals surface area contributed by atoms with Gasteiger partial charge in [-0.1, -0.05) is 24.3 Å². The minimum Gasteiger partial charge on any atom is -0.322 e. The maximum Gasteiger partial charge on any atom is 0.230 e. The van der Waals surface area contributed by atoms with Gasteiger partial charge in [0.2, 0.25) is 5.91 Å². The summed E-state index contributed by atoms with van der Waals surface area (Å²) in [6, 6.07) is 7.97. The molecular weight excluding hydrogens is 162 g/mol. The van der Waals surface area contributed by atoms with Crippen LogP contribution in [0.25, 0.3) is 6.08 Å². The monoisotopic (exact) mass is 173 g/mol. The second kappa shape index (κ2) is 3.05. The molecule has 1 aliphatic rings. The first-order chi connectivity index (χ1) is 6.27. The van der Waals surface area contributed by atoms with E-state index in [1.165, 1.54) is 0 Å². The molecule has 1 aliphatic heterocycles. The van der Waals surface area contributed by atoms with Gasteiger partial charge in [0.05, 0.1) is 6.42 Å². The normalized spacial score (nSPS) is 15.5. The van der Waals surface area contributed by atoms with Crippen LogP contribution in [0.1, 0.15) is 11.1 Å². The number of likely N-dealkylation sites (N-methyl/N-ethyl adjacent to an activating group) is 1. The molecule has 0 unspecified atom stereocenters. The van der Waals surface area contributed by atoms with Crippen molar-refractivity contribution in [1.29, 1.82) is 0 Å². The highest BCUT2D eigenvalue weighted by atomic mass is 16.2. The maximum atomic E-state index is 11.5. The van der Waals surface area contributed by atoms with E-state index in [9.17, 15) is 4.79 Å². The number of hydrogen-bond donors (Lipinski definition) is 0. The van der Waals surface area contributed by atoms with Gasteiger partial charge in [0, 0.05) is 13.2 Å². The molecule has 0 fully saturated rings. The maximum absolute atomic E-state index is 11.5. The third-order valence-corrected chi connectivity index (χ3v) is 2.27. The van der Waals surface area contributed by atoms with Crippen molar-refractivity contribution in [3.05, 3.63) is 41.6 Å². The van der Waals surface area contributed by atoms with E-state index in [4.69, 9.17) is 0 Å². The average Bonchev–Trinajstić information content (AvgIpc) is 2.28. The molecule has 0 saturated carbocycles. The Balaban J connectivity index is 2.46. The smallest absolute Gasteiger partial charge is 0.230 e. The lowest BCUT2D eigenvalue weighted by Crippen LogP contribution is -2.21. The summed E-state index contributed by atoms with van der Waals surface area (Å²) in [5.74, 6) is 0.140. The number of nitrogens with zero attached hydrogens (tertiary/aromatic N) is 1. The van der Waals surface area contributed by atoms with Crippen LogP contribution in [0.5, 0.6) is 0 Å². The minimum absolute atomic E-state index is 0.140. The number of benzene rings is 1. The second-order valence-electron chi connectivity index (χ2n) is 3.20. The van der Waals surface area contributed by atoms with Crippen LogP contribution in [-0.2, 0) is 11.2 Å². The van der Waals surface area contributed by atoms with Crippen LogP contribution < -0.4 is 0 Å². The molecule has 13 heavy (non-hydrogen) atoms. The third-order valence-electron chi connectivity index (χ3n) is 2.27. The Bertz CT molecular complexity index is 368. The van der Waals surface area contributed by atoms with Crippen molar-refractivity contribution in [2.24, 2.45) is 0 Å². The van der Waals surface area contributed by atoms with E-state index < -0.39 is 0 Å². The van der Waals surface area contributed by atoms with Crippen LogP contribution in [0.15, 0.2) is 30.5 Å². The number of amides is 1. The van der Waals surface area contributed by atoms with Gasteiger partial charge in [-0.15, -0.1) is 0 Å². The van der Waals surface area contributed by atoms with Crippen molar-refractivity contribution in [2.45, 2.75) is 6.42 Å². The molecule has 2 heteroatoms. The molecule has 0 N–H and O–H groups in total. The zero-order valence-electron chi connectivity index (χ0n) is 7.53. The lowest BCUT2D eigenvalue weighted by atomic mass is 10.1. The first-order valence-corrected chi connectivity index (χ1v) is 4.29. The van der Waals surface area contributed by atoms with Gasteiger partial charge >= 0.3 is 0 Å². The summed E-state index contributed by atoms with van der Waals surface area (Å²) < 4.78 is 0. The van der Waals surface area contributed by atoms with Crippen LogP contribution in [-0.4, -0.2) is 17.9 Å². The summed E-state index contributed by atoms with van der Waals surface area (Å²) >= 11 is 0. The van der Waals surface area contributed by atoms with Crippen molar-refractivity contribution < 1.29 is 4.79 Å². The van der Waals surface area contributed by atoms with Crippen molar-refractivity contribution in [1.82, 2.24) is 4.90 Å². The Kier molecular flexibility index (Phi) is 1.89. The predicted octanol–water partition coefficient (Wildman–Crippen LogP) is 1.67. The number of hydrogen-bond acceptors (Lipinski definition) is 1. The lowest BCUT2D eigenvalue weighted by Gasteiger charge is -2.08. The van der Waals surface area contributed by atoms with Gasteiger partial charge in [-0.25, -0.2) is 0 Å². The van der Waals surface area contributed by atoms with E-state index >= 15 is 0 Å². The molecule has 1 aromatic rings. The average molecular weight is 173 g/mol. The predicted molar refractivity (Wildman–Crippen MR) is 52.0 cm³/mol. The van der Waals surface area contributed by atoms with Crippen LogP contribution in [0, 0.1) is 0 Å². The largest absolute Gasteiger partial charge is 0.322 e. The third kappa shape index (κ3) is 1.47. The fourth-order valence-corrected chi connectivity index (χ4v) is 1.42. The van der Waals surface area contributed by atoms with Gasteiger partial charge in [0.15, 0.2) is 0 Å². The molecule has 0 aromatic heterocycles. The highest BCUT2D eigenvalue weighted by Gasteiger charge is 2.12. The molecule has 0 bridgehead atoms. The summed E-state index contributed by atoms with van der Waals surface area (Å²) in [5, 5.41) is 0. The Morgan fingerprint density at radius 3 is 2.92 bits per heavy atom. The van der Waals surface area contributed by atoms with E-state index in [2.05, 4.69) is 0 Å². The quantitative estimate of drug-likeness (QED) is 0.584. The number of carbonyl (C=O) groups excluding carboxylic acids is 1. The SMILES string of the molecule is CN1C=Cc2ccccc2CC1=O. The van der Waals surface area contributed by atoms with Crippen molar-refractivity contribution in [3.8, 4) is 0 Å². The van der Waals surface area contributed by atoms with Crippen molar-refractivity contribution in [3.63, 3.8) is 0 Å². The van der Waals surface area contributed by atoms with E-state index in [1.807, 2.05) is 36.5 Å². The van der Waals surface area contributed by atoms with Gasteiger partial charge in [-0.05, 0) is 17.2 Å². The molecule has 0 atom stereocenters. The first kappa shape index (κ1) is 8.05. The summed E-state index contributed by atoms with van der Waals surface area (Å²) in [5.41, 5.74) is 2.24. The van der Waals surface area contributed by atoms with E-state index in [-0.39, 0.29) is 5.91 Å². The van der Waals surface area contributed by atoms with Crippen LogP contribution in [0.3, 0.4) is 0 Å². The fraction of sp³-hybridized carbons (Fsp3) is 0.182. The zero-order valence-corrected chi connectivity index (χ0v) is 7.53. The van der Waals surface area contributed by atoms with E-state index in [0.29, 0.717) is 6.42 Å². The lowest BCUT2D eigenvalue weighted by molar-refractivity contribution is -0.126. The van der Waals surface area contributed by atoms with E-state index in [0.717, 1.165) is 11.1 Å². The first-order valence-electron chi connectivity index (χ1n) is 4.29. The van der Waals surface area contributed by atoms with Crippen LogP contribution in [0.2, 0.25) is 0 Å². The van der Waals surface area contributed by atoms with Crippen molar-refractivity contribution >= 4 is 12.0 Å². The molecule has 66 valence electrons. The Morgan fingerprint density at radius 2 is 2.08 bits per heavy atom. The zero-order chi connectivity index (χ0) is 9.26. The number of carbonyl (C=O) groups is 1. The van der Waals surface area contributed by atoms with Gasteiger partial charge < -0.3 is 4.90 Å². The molecule has 0 saturated heterocycles. The van der Waals surface area contributed by atoms with Crippen molar-refractivity contribution in [2.75, 3.05) is 7.05 Å². The Morgan fingerprint density at radius 1 is 1.31 bits per heavy atom. The molecule has 2 rings (SSSR count). The summed E-state index contributed by atoms with van der Waals surface area (Å²) in [6.07, 6.45) is 4.29. The fourth-order valence-electron chi connectivity index (χ4n) is 1.42.